The van der Waals surface area contributed by atoms with Gasteiger partial charge in [0.2, 0.25) is 0 Å². The van der Waals surface area contributed by atoms with E-state index in [1.807, 2.05) is 12.1 Å². The smallest absolute Gasteiger partial charge is 0.194 e. The second kappa shape index (κ2) is 8.38. The number of phenols is 1. The number of nitrogens with zero attached hydrogens (tertiary/aromatic N) is 3. The summed E-state index contributed by atoms with van der Waals surface area (Å²) in [5.41, 5.74) is 1.12. The van der Waals surface area contributed by atoms with Crippen molar-refractivity contribution in [1.82, 2.24) is 15.1 Å². The van der Waals surface area contributed by atoms with Gasteiger partial charge in [0.1, 0.15) is 5.75 Å². The molecule has 2 fully saturated rings. The average Bonchev–Trinajstić information content (AvgIpc) is 3.25. The van der Waals surface area contributed by atoms with E-state index in [4.69, 9.17) is 4.99 Å². The first-order valence-electron chi connectivity index (χ1n) is 9.28. The van der Waals surface area contributed by atoms with E-state index in [-0.39, 0.29) is 0 Å². The second-order valence-electron chi connectivity index (χ2n) is 6.95. The Hall–Kier alpha value is -1.75. The van der Waals surface area contributed by atoms with E-state index in [1.165, 1.54) is 38.9 Å². The maximum atomic E-state index is 9.38. The molecule has 2 N–H and O–H groups in total. The molecule has 1 aromatic rings. The van der Waals surface area contributed by atoms with Gasteiger partial charge in [-0.05, 0) is 62.9 Å². The highest BCUT2D eigenvalue weighted by Crippen LogP contribution is 2.20. The third kappa shape index (κ3) is 4.63. The van der Waals surface area contributed by atoms with Gasteiger partial charge in [0.15, 0.2) is 5.96 Å². The zero-order valence-corrected chi connectivity index (χ0v) is 14.7. The van der Waals surface area contributed by atoms with Gasteiger partial charge >= 0.3 is 0 Å². The molecular weight excluding hydrogens is 300 g/mol. The standard InChI is InChI=1S/C19H30N4O/c1-2-20-19(21-13-16-5-7-18(24)8-6-16)23-12-9-17(15-23)14-22-10-3-4-11-22/h5-8,17,24H,2-4,9-15H2,1H3,(H,20,21). The van der Waals surface area contributed by atoms with Crippen LogP contribution in [0.2, 0.25) is 0 Å². The van der Waals surface area contributed by atoms with Crippen LogP contribution in [0.15, 0.2) is 29.3 Å². The minimum atomic E-state index is 0.305. The van der Waals surface area contributed by atoms with E-state index >= 15 is 0 Å². The number of benzene rings is 1. The van der Waals surface area contributed by atoms with Crippen molar-refractivity contribution >= 4 is 5.96 Å². The molecule has 5 heteroatoms. The highest BCUT2D eigenvalue weighted by molar-refractivity contribution is 5.80. The zero-order valence-electron chi connectivity index (χ0n) is 14.7. The van der Waals surface area contributed by atoms with Crippen molar-refractivity contribution in [3.8, 4) is 5.75 Å². The summed E-state index contributed by atoms with van der Waals surface area (Å²) >= 11 is 0. The molecule has 0 bridgehead atoms. The van der Waals surface area contributed by atoms with Gasteiger partial charge in [0, 0.05) is 26.2 Å². The lowest BCUT2D eigenvalue weighted by atomic mass is 10.1. The maximum absolute atomic E-state index is 9.38. The Morgan fingerprint density at radius 1 is 1.21 bits per heavy atom. The Morgan fingerprint density at radius 2 is 1.96 bits per heavy atom. The third-order valence-electron chi connectivity index (χ3n) is 4.98. The lowest BCUT2D eigenvalue weighted by Gasteiger charge is -2.23. The highest BCUT2D eigenvalue weighted by Gasteiger charge is 2.27. The van der Waals surface area contributed by atoms with Crippen LogP contribution >= 0.6 is 0 Å². The molecule has 5 nitrogen and oxygen atoms in total. The summed E-state index contributed by atoms with van der Waals surface area (Å²) in [5, 5.41) is 12.8. The summed E-state index contributed by atoms with van der Waals surface area (Å²) in [6.45, 7) is 9.67. The van der Waals surface area contributed by atoms with Crippen LogP contribution in [0.1, 0.15) is 31.7 Å². The van der Waals surface area contributed by atoms with Crippen molar-refractivity contribution in [1.29, 1.82) is 0 Å². The van der Waals surface area contributed by atoms with Gasteiger partial charge in [-0.25, -0.2) is 4.99 Å². The first kappa shape index (κ1) is 17.1. The molecule has 2 heterocycles. The van der Waals surface area contributed by atoms with Gasteiger partial charge in [-0.15, -0.1) is 0 Å². The topological polar surface area (TPSA) is 51.1 Å². The lowest BCUT2D eigenvalue weighted by Crippen LogP contribution is -2.40. The van der Waals surface area contributed by atoms with Crippen molar-refractivity contribution in [3.05, 3.63) is 29.8 Å². The molecule has 1 aromatic carbocycles. The Morgan fingerprint density at radius 3 is 2.67 bits per heavy atom. The molecule has 2 aliphatic heterocycles. The second-order valence-corrected chi connectivity index (χ2v) is 6.95. The number of hydrogen-bond donors (Lipinski definition) is 2. The van der Waals surface area contributed by atoms with Crippen LogP contribution in [0.3, 0.4) is 0 Å². The fourth-order valence-electron chi connectivity index (χ4n) is 3.70. The summed E-state index contributed by atoms with van der Waals surface area (Å²) in [4.78, 5) is 9.82. The quantitative estimate of drug-likeness (QED) is 0.642. The van der Waals surface area contributed by atoms with Crippen LogP contribution in [0.5, 0.6) is 5.75 Å². The molecule has 0 aromatic heterocycles. The van der Waals surface area contributed by atoms with E-state index < -0.39 is 0 Å². The normalized spacial score (nSPS) is 22.3. The van der Waals surface area contributed by atoms with Crippen molar-refractivity contribution in [2.24, 2.45) is 10.9 Å². The number of aliphatic imine (C=N–C) groups is 1. The largest absolute Gasteiger partial charge is 0.508 e. The van der Waals surface area contributed by atoms with Gasteiger partial charge in [0.05, 0.1) is 6.54 Å². The molecule has 132 valence electrons. The first-order valence-corrected chi connectivity index (χ1v) is 9.28. The summed E-state index contributed by atoms with van der Waals surface area (Å²) in [6, 6.07) is 7.31. The highest BCUT2D eigenvalue weighted by atomic mass is 16.3. The molecule has 0 radical (unpaired) electrons. The minimum absolute atomic E-state index is 0.305. The van der Waals surface area contributed by atoms with Gasteiger partial charge in [-0.3, -0.25) is 0 Å². The number of nitrogens with one attached hydrogen (secondary N) is 1. The molecule has 0 aliphatic carbocycles. The molecule has 1 atom stereocenters. The van der Waals surface area contributed by atoms with E-state index in [1.54, 1.807) is 12.1 Å². The van der Waals surface area contributed by atoms with E-state index in [2.05, 4.69) is 22.0 Å². The van der Waals surface area contributed by atoms with Gasteiger partial charge in [0.25, 0.3) is 0 Å². The lowest BCUT2D eigenvalue weighted by molar-refractivity contribution is 0.281. The summed E-state index contributed by atoms with van der Waals surface area (Å²) in [7, 11) is 0. The molecule has 0 amide bonds. The van der Waals surface area contributed by atoms with E-state index in [9.17, 15) is 5.11 Å². The zero-order chi connectivity index (χ0) is 16.8. The van der Waals surface area contributed by atoms with Crippen LogP contribution in [0, 0.1) is 5.92 Å². The van der Waals surface area contributed by atoms with Crippen LogP contribution in [0.4, 0.5) is 0 Å². The Kier molecular flexibility index (Phi) is 5.96. The fraction of sp³-hybridized carbons (Fsp3) is 0.632. The average molecular weight is 330 g/mol. The number of likely N-dealkylation sites (tertiary alicyclic amines) is 2. The first-order chi connectivity index (χ1) is 11.7. The van der Waals surface area contributed by atoms with Crippen LogP contribution in [-0.2, 0) is 6.54 Å². The predicted octanol–water partition coefficient (Wildman–Crippen LogP) is 2.28. The molecule has 2 saturated heterocycles. The summed E-state index contributed by atoms with van der Waals surface area (Å²) in [5.74, 6) is 2.09. The molecule has 0 saturated carbocycles. The van der Waals surface area contributed by atoms with Crippen molar-refractivity contribution < 1.29 is 5.11 Å². The van der Waals surface area contributed by atoms with Gasteiger partial charge in [-0.1, -0.05) is 12.1 Å². The summed E-state index contributed by atoms with van der Waals surface area (Å²) < 4.78 is 0. The molecule has 1 unspecified atom stereocenters. The monoisotopic (exact) mass is 330 g/mol. The molecule has 3 rings (SSSR count). The molecule has 2 aliphatic rings. The molecule has 0 spiro atoms. The van der Waals surface area contributed by atoms with Crippen molar-refractivity contribution in [2.45, 2.75) is 32.7 Å². The van der Waals surface area contributed by atoms with Crippen LogP contribution in [0.25, 0.3) is 0 Å². The Labute approximate surface area is 145 Å². The van der Waals surface area contributed by atoms with Crippen molar-refractivity contribution in [3.63, 3.8) is 0 Å². The van der Waals surface area contributed by atoms with Crippen LogP contribution in [-0.4, -0.2) is 60.1 Å². The van der Waals surface area contributed by atoms with Crippen molar-refractivity contribution in [2.75, 3.05) is 39.3 Å². The van der Waals surface area contributed by atoms with Gasteiger partial charge in [-0.2, -0.15) is 0 Å². The third-order valence-corrected chi connectivity index (χ3v) is 4.98. The number of guanidine groups is 1. The number of rotatable bonds is 5. The van der Waals surface area contributed by atoms with Gasteiger partial charge < -0.3 is 20.2 Å². The Bertz CT molecular complexity index is 537. The maximum Gasteiger partial charge on any atom is 0.194 e. The predicted molar refractivity (Wildman–Crippen MR) is 98.3 cm³/mol. The molecule has 24 heavy (non-hydrogen) atoms. The minimum Gasteiger partial charge on any atom is -0.508 e. The van der Waals surface area contributed by atoms with E-state index in [0.29, 0.717) is 12.3 Å². The number of phenolic OH excluding ortho intramolecular Hbond substituents is 1. The van der Waals surface area contributed by atoms with E-state index in [0.717, 1.165) is 37.1 Å². The molecular formula is C19H30N4O. The number of hydrogen-bond acceptors (Lipinski definition) is 3. The number of aromatic hydroxyl groups is 1. The summed E-state index contributed by atoms with van der Waals surface area (Å²) in [6.07, 6.45) is 4.00. The SMILES string of the molecule is CCNC(=NCc1ccc(O)cc1)N1CCC(CN2CCCC2)C1. The Balaban J connectivity index is 1.56. The fourth-order valence-corrected chi connectivity index (χ4v) is 3.70. The van der Waals surface area contributed by atoms with Crippen LogP contribution < -0.4 is 5.32 Å².